The van der Waals surface area contributed by atoms with Crippen molar-refractivity contribution in [3.8, 4) is 0 Å². The summed E-state index contributed by atoms with van der Waals surface area (Å²) >= 11 is 0. The highest BCUT2D eigenvalue weighted by molar-refractivity contribution is 5.71. The number of rotatable bonds is 48. The standard InChI is InChI=1S/C61H100O6/c1-4-7-10-13-16-19-22-25-28-29-30-31-34-36-39-42-45-48-51-54-60(63)66-57-58(67-61(64)55-52-49-46-43-40-37-33-27-24-21-18-15-12-9-6-3)56-65-59(62)53-50-47-44-41-38-35-32-26-23-20-17-14-11-8-5-2/h7,9-10,12,16,18-19,21,25-28,30-33,36,39,58H,4-6,8,11,13-15,17,20,22-24,29,34-35,37-38,40-57H2,1-3H3/b10-7-,12-9-,19-16-,21-18-,28-25-,31-30-,32-26-,33-27-,39-36-. The lowest BCUT2D eigenvalue weighted by molar-refractivity contribution is -0.167. The van der Waals surface area contributed by atoms with Crippen LogP contribution in [0, 0.1) is 0 Å². The Morgan fingerprint density at radius 3 is 0.940 bits per heavy atom. The highest BCUT2D eigenvalue weighted by atomic mass is 16.6. The summed E-state index contributed by atoms with van der Waals surface area (Å²) in [5, 5.41) is 0. The highest BCUT2D eigenvalue weighted by Gasteiger charge is 2.19. The number of allylic oxidation sites excluding steroid dienone is 18. The lowest BCUT2D eigenvalue weighted by atomic mass is 10.1. The fraction of sp³-hybridized carbons (Fsp3) is 0.656. The number of hydrogen-bond donors (Lipinski definition) is 0. The van der Waals surface area contributed by atoms with Gasteiger partial charge in [-0.05, 0) is 122 Å². The van der Waals surface area contributed by atoms with Gasteiger partial charge in [-0.1, -0.05) is 207 Å². The van der Waals surface area contributed by atoms with Crippen LogP contribution in [0.1, 0.15) is 239 Å². The molecule has 0 aliphatic carbocycles. The van der Waals surface area contributed by atoms with Crippen molar-refractivity contribution in [3.63, 3.8) is 0 Å². The fourth-order valence-corrected chi connectivity index (χ4v) is 7.18. The van der Waals surface area contributed by atoms with E-state index in [1.54, 1.807) is 0 Å². The minimum absolute atomic E-state index is 0.102. The first kappa shape index (κ1) is 63.1. The van der Waals surface area contributed by atoms with Crippen molar-refractivity contribution in [1.82, 2.24) is 0 Å². The number of ether oxygens (including phenoxy) is 3. The van der Waals surface area contributed by atoms with E-state index in [9.17, 15) is 14.4 Å². The van der Waals surface area contributed by atoms with Crippen LogP contribution in [0.2, 0.25) is 0 Å². The largest absolute Gasteiger partial charge is 0.462 e. The molecule has 0 heterocycles. The van der Waals surface area contributed by atoms with Crippen LogP contribution in [0.5, 0.6) is 0 Å². The second kappa shape index (κ2) is 54.7. The normalized spacial score (nSPS) is 12.9. The molecule has 0 aromatic rings. The summed E-state index contributed by atoms with van der Waals surface area (Å²) in [6, 6.07) is 0. The van der Waals surface area contributed by atoms with Crippen molar-refractivity contribution in [2.45, 2.75) is 245 Å². The zero-order valence-corrected chi connectivity index (χ0v) is 43.4. The SMILES string of the molecule is CC/C=C\C/C=C\C/C=C\C/C=C\C/C=C\CCCCCC(=O)OCC(COC(=O)CCCCCCC/C=C\CCCCCCCC)OC(=O)CCCCCCC/C=C\C/C=C\C/C=C\CC. The van der Waals surface area contributed by atoms with E-state index >= 15 is 0 Å². The summed E-state index contributed by atoms with van der Waals surface area (Å²) in [5.74, 6) is -0.962. The first-order valence-corrected chi connectivity index (χ1v) is 27.4. The first-order valence-electron chi connectivity index (χ1n) is 27.4. The third-order valence-electron chi connectivity index (χ3n) is 11.2. The summed E-state index contributed by atoms with van der Waals surface area (Å²) in [4.78, 5) is 38.1. The maximum atomic E-state index is 12.8. The molecule has 380 valence electrons. The van der Waals surface area contributed by atoms with Crippen molar-refractivity contribution in [1.29, 1.82) is 0 Å². The molecule has 67 heavy (non-hydrogen) atoms. The van der Waals surface area contributed by atoms with E-state index in [4.69, 9.17) is 14.2 Å². The Kier molecular flexibility index (Phi) is 51.5. The minimum atomic E-state index is -0.806. The number of esters is 3. The molecule has 0 N–H and O–H groups in total. The van der Waals surface area contributed by atoms with Gasteiger partial charge in [0.15, 0.2) is 6.10 Å². The van der Waals surface area contributed by atoms with Gasteiger partial charge in [-0.25, -0.2) is 0 Å². The van der Waals surface area contributed by atoms with Gasteiger partial charge in [-0.3, -0.25) is 14.4 Å². The lowest BCUT2D eigenvalue weighted by Crippen LogP contribution is -2.30. The van der Waals surface area contributed by atoms with Gasteiger partial charge in [0.1, 0.15) is 13.2 Å². The Morgan fingerprint density at radius 1 is 0.313 bits per heavy atom. The van der Waals surface area contributed by atoms with E-state index in [-0.39, 0.29) is 31.1 Å². The molecule has 0 aromatic heterocycles. The van der Waals surface area contributed by atoms with E-state index < -0.39 is 6.10 Å². The van der Waals surface area contributed by atoms with Crippen molar-refractivity contribution < 1.29 is 28.6 Å². The predicted octanol–water partition coefficient (Wildman–Crippen LogP) is 18.3. The molecule has 0 saturated heterocycles. The van der Waals surface area contributed by atoms with E-state index in [1.165, 1.54) is 51.4 Å². The molecule has 1 unspecified atom stereocenters. The van der Waals surface area contributed by atoms with Crippen LogP contribution in [0.3, 0.4) is 0 Å². The van der Waals surface area contributed by atoms with Gasteiger partial charge < -0.3 is 14.2 Å². The Bertz CT molecular complexity index is 1390. The number of carbonyl (C=O) groups excluding carboxylic acids is 3. The zero-order chi connectivity index (χ0) is 48.6. The van der Waals surface area contributed by atoms with Crippen molar-refractivity contribution >= 4 is 17.9 Å². The quantitative estimate of drug-likeness (QED) is 0.0262. The molecule has 6 nitrogen and oxygen atoms in total. The Morgan fingerprint density at radius 2 is 0.582 bits per heavy atom. The maximum absolute atomic E-state index is 12.8. The van der Waals surface area contributed by atoms with Gasteiger partial charge in [0, 0.05) is 19.3 Å². The smallest absolute Gasteiger partial charge is 0.306 e. The fourth-order valence-electron chi connectivity index (χ4n) is 7.18. The topological polar surface area (TPSA) is 78.9 Å². The summed E-state index contributed by atoms with van der Waals surface area (Å²) in [6.45, 7) is 6.35. The Labute approximate surface area is 412 Å². The molecular formula is C61H100O6. The van der Waals surface area contributed by atoms with Crippen LogP contribution in [0.15, 0.2) is 109 Å². The molecule has 0 fully saturated rings. The highest BCUT2D eigenvalue weighted by Crippen LogP contribution is 2.13. The Balaban J connectivity index is 4.50. The number of unbranched alkanes of at least 4 members (excludes halogenated alkanes) is 19. The van der Waals surface area contributed by atoms with Crippen molar-refractivity contribution in [3.05, 3.63) is 109 Å². The van der Waals surface area contributed by atoms with Gasteiger partial charge in [0.25, 0.3) is 0 Å². The van der Waals surface area contributed by atoms with E-state index in [0.29, 0.717) is 19.3 Å². The zero-order valence-electron chi connectivity index (χ0n) is 43.4. The second-order valence-electron chi connectivity index (χ2n) is 17.7. The van der Waals surface area contributed by atoms with E-state index in [0.717, 1.165) is 148 Å². The van der Waals surface area contributed by atoms with E-state index in [1.807, 2.05) is 0 Å². The molecule has 0 spiro atoms. The van der Waals surface area contributed by atoms with Gasteiger partial charge in [-0.2, -0.15) is 0 Å². The summed E-state index contributed by atoms with van der Waals surface area (Å²) in [6.07, 6.45) is 73.6. The monoisotopic (exact) mass is 929 g/mol. The lowest BCUT2D eigenvalue weighted by Gasteiger charge is -2.18. The van der Waals surface area contributed by atoms with Crippen LogP contribution >= 0.6 is 0 Å². The predicted molar refractivity (Wildman–Crippen MR) is 288 cm³/mol. The Hall–Kier alpha value is -3.93. The summed E-state index contributed by atoms with van der Waals surface area (Å²) < 4.78 is 16.8. The van der Waals surface area contributed by atoms with Crippen LogP contribution in [0.25, 0.3) is 0 Å². The van der Waals surface area contributed by atoms with Gasteiger partial charge in [0.2, 0.25) is 0 Å². The average molecular weight is 929 g/mol. The summed E-state index contributed by atoms with van der Waals surface area (Å²) in [5.41, 5.74) is 0. The van der Waals surface area contributed by atoms with Crippen LogP contribution in [-0.4, -0.2) is 37.2 Å². The third kappa shape index (κ3) is 52.9. The molecule has 1 atom stereocenters. The summed E-state index contributed by atoms with van der Waals surface area (Å²) in [7, 11) is 0. The minimum Gasteiger partial charge on any atom is -0.462 e. The van der Waals surface area contributed by atoms with Crippen LogP contribution in [0.4, 0.5) is 0 Å². The van der Waals surface area contributed by atoms with Gasteiger partial charge >= 0.3 is 17.9 Å². The molecule has 0 saturated carbocycles. The molecule has 0 rings (SSSR count). The molecule has 0 radical (unpaired) electrons. The maximum Gasteiger partial charge on any atom is 0.306 e. The molecular weight excluding hydrogens is 829 g/mol. The van der Waals surface area contributed by atoms with Crippen molar-refractivity contribution in [2.75, 3.05) is 13.2 Å². The van der Waals surface area contributed by atoms with Gasteiger partial charge in [-0.15, -0.1) is 0 Å². The number of carbonyl (C=O) groups is 3. The molecule has 0 amide bonds. The van der Waals surface area contributed by atoms with Crippen LogP contribution < -0.4 is 0 Å². The van der Waals surface area contributed by atoms with Crippen LogP contribution in [-0.2, 0) is 28.6 Å². The molecule has 0 aliphatic rings. The second-order valence-corrected chi connectivity index (χ2v) is 17.7. The molecule has 6 heteroatoms. The first-order chi connectivity index (χ1) is 33.0. The third-order valence-corrected chi connectivity index (χ3v) is 11.2. The van der Waals surface area contributed by atoms with Gasteiger partial charge in [0.05, 0.1) is 0 Å². The molecule has 0 aromatic carbocycles. The average Bonchev–Trinajstić information content (AvgIpc) is 3.33. The molecule has 0 bridgehead atoms. The molecule has 0 aliphatic heterocycles. The van der Waals surface area contributed by atoms with Crippen molar-refractivity contribution in [2.24, 2.45) is 0 Å². The number of hydrogen-bond acceptors (Lipinski definition) is 6. The van der Waals surface area contributed by atoms with E-state index in [2.05, 4.69) is 130 Å².